The first kappa shape index (κ1) is 18.4. The van der Waals surface area contributed by atoms with Crippen LogP contribution in [0.3, 0.4) is 0 Å². The molecule has 1 atom stereocenters. The molecule has 28 heavy (non-hydrogen) atoms. The number of benzene rings is 1. The van der Waals surface area contributed by atoms with E-state index in [0.29, 0.717) is 29.2 Å². The Labute approximate surface area is 161 Å². The summed E-state index contributed by atoms with van der Waals surface area (Å²) >= 11 is 0. The van der Waals surface area contributed by atoms with Crippen LogP contribution in [0.2, 0.25) is 0 Å². The van der Waals surface area contributed by atoms with Crippen molar-refractivity contribution in [2.24, 2.45) is 0 Å². The lowest BCUT2D eigenvalue weighted by molar-refractivity contribution is 0.0467. The zero-order valence-corrected chi connectivity index (χ0v) is 15.7. The Kier molecular flexibility index (Phi) is 4.72. The van der Waals surface area contributed by atoms with Crippen LogP contribution in [0, 0.1) is 13.8 Å². The second-order valence-electron chi connectivity index (χ2n) is 7.00. The lowest BCUT2D eigenvalue weighted by Crippen LogP contribution is -2.36. The number of esters is 1. The number of amides is 2. The minimum Gasteiger partial charge on any atom is -0.457 e. The van der Waals surface area contributed by atoms with Crippen molar-refractivity contribution >= 4 is 17.8 Å². The third kappa shape index (κ3) is 3.20. The Bertz CT molecular complexity index is 938. The van der Waals surface area contributed by atoms with Crippen LogP contribution in [0.25, 0.3) is 0 Å². The van der Waals surface area contributed by atoms with Crippen LogP contribution in [0.1, 0.15) is 60.9 Å². The largest absolute Gasteiger partial charge is 0.457 e. The molecule has 2 aromatic rings. The number of ether oxygens (including phenoxy) is 2. The summed E-state index contributed by atoms with van der Waals surface area (Å²) in [6, 6.07) is 4.41. The highest BCUT2D eigenvalue weighted by Crippen LogP contribution is 2.26. The van der Waals surface area contributed by atoms with Crippen LogP contribution in [-0.4, -0.2) is 47.1 Å². The lowest BCUT2D eigenvalue weighted by atomic mass is 10.1. The number of imide groups is 1. The zero-order chi connectivity index (χ0) is 19.8. The predicted molar refractivity (Wildman–Crippen MR) is 95.9 cm³/mol. The molecule has 146 valence electrons. The molecule has 0 radical (unpaired) electrons. The number of aryl methyl sites for hydroxylation is 2. The van der Waals surface area contributed by atoms with Gasteiger partial charge in [-0.2, -0.15) is 0 Å². The van der Waals surface area contributed by atoms with Gasteiger partial charge in [0.2, 0.25) is 0 Å². The fourth-order valence-corrected chi connectivity index (χ4v) is 3.50. The van der Waals surface area contributed by atoms with Gasteiger partial charge in [-0.3, -0.25) is 14.5 Å². The summed E-state index contributed by atoms with van der Waals surface area (Å²) in [7, 11) is 0. The van der Waals surface area contributed by atoms with Crippen molar-refractivity contribution in [3.05, 3.63) is 51.9 Å². The molecule has 0 unspecified atom stereocenters. The van der Waals surface area contributed by atoms with Crippen LogP contribution in [0.15, 0.2) is 22.7 Å². The third-order valence-electron chi connectivity index (χ3n) is 5.15. The van der Waals surface area contributed by atoms with E-state index in [0.717, 1.165) is 12.8 Å². The molecule has 2 amide bonds. The maximum atomic E-state index is 12.7. The van der Waals surface area contributed by atoms with E-state index in [-0.39, 0.29) is 36.3 Å². The van der Waals surface area contributed by atoms with Crippen molar-refractivity contribution in [2.75, 3.05) is 13.2 Å². The standard InChI is InChI=1S/C20H20N2O6/c1-11-17(12(2)28-21-11)10-27-20(25)13-5-6-15-16(8-13)19(24)22(18(15)23)9-14-4-3-7-26-14/h5-6,8,14H,3-4,7,9-10H2,1-2H3/t14-/m1/s1. The Morgan fingerprint density at radius 3 is 2.71 bits per heavy atom. The Balaban J connectivity index is 1.48. The van der Waals surface area contributed by atoms with E-state index in [1.807, 2.05) is 0 Å². The van der Waals surface area contributed by atoms with E-state index in [2.05, 4.69) is 5.16 Å². The molecule has 4 rings (SSSR count). The highest BCUT2D eigenvalue weighted by molar-refractivity contribution is 6.22. The molecule has 0 N–H and O–H groups in total. The third-order valence-corrected chi connectivity index (χ3v) is 5.15. The van der Waals surface area contributed by atoms with Gasteiger partial charge in [0, 0.05) is 6.61 Å². The first-order valence-corrected chi connectivity index (χ1v) is 9.16. The molecule has 0 bridgehead atoms. The van der Waals surface area contributed by atoms with Gasteiger partial charge < -0.3 is 14.0 Å². The van der Waals surface area contributed by atoms with Crippen LogP contribution < -0.4 is 0 Å². The number of carbonyl (C=O) groups is 3. The number of aromatic nitrogens is 1. The molecular weight excluding hydrogens is 364 g/mol. The average molecular weight is 384 g/mol. The van der Waals surface area contributed by atoms with Crippen LogP contribution >= 0.6 is 0 Å². The molecule has 1 fully saturated rings. The van der Waals surface area contributed by atoms with Crippen LogP contribution in [0.4, 0.5) is 0 Å². The maximum Gasteiger partial charge on any atom is 0.338 e. The highest BCUT2D eigenvalue weighted by atomic mass is 16.5. The van der Waals surface area contributed by atoms with Gasteiger partial charge in [-0.1, -0.05) is 5.16 Å². The SMILES string of the molecule is Cc1noc(C)c1COC(=O)c1ccc2c(c1)C(=O)N(C[C@H]1CCCO1)C2=O. The molecule has 0 spiro atoms. The second-order valence-corrected chi connectivity index (χ2v) is 7.00. The summed E-state index contributed by atoms with van der Waals surface area (Å²) < 4.78 is 15.9. The smallest absolute Gasteiger partial charge is 0.338 e. The zero-order valence-electron chi connectivity index (χ0n) is 15.7. The van der Waals surface area contributed by atoms with Crippen molar-refractivity contribution in [3.63, 3.8) is 0 Å². The molecule has 8 nitrogen and oxygen atoms in total. The van der Waals surface area contributed by atoms with Crippen LogP contribution in [-0.2, 0) is 16.1 Å². The average Bonchev–Trinajstić information content (AvgIpc) is 3.37. The van der Waals surface area contributed by atoms with Gasteiger partial charge in [-0.25, -0.2) is 4.79 Å². The highest BCUT2D eigenvalue weighted by Gasteiger charge is 2.38. The molecule has 2 aliphatic rings. The first-order chi connectivity index (χ1) is 13.5. The van der Waals surface area contributed by atoms with Crippen molar-refractivity contribution in [3.8, 4) is 0 Å². The Morgan fingerprint density at radius 1 is 1.25 bits per heavy atom. The summed E-state index contributed by atoms with van der Waals surface area (Å²) in [5, 5.41) is 3.82. The molecule has 8 heteroatoms. The van der Waals surface area contributed by atoms with Crippen molar-refractivity contribution < 1.29 is 28.4 Å². The van der Waals surface area contributed by atoms with E-state index in [4.69, 9.17) is 14.0 Å². The monoisotopic (exact) mass is 384 g/mol. The second kappa shape index (κ2) is 7.20. The summed E-state index contributed by atoms with van der Waals surface area (Å²) in [6.07, 6.45) is 1.63. The Morgan fingerprint density at radius 2 is 2.04 bits per heavy atom. The minimum atomic E-state index is -0.583. The maximum absolute atomic E-state index is 12.7. The molecule has 3 heterocycles. The predicted octanol–water partition coefficient (Wildman–Crippen LogP) is 2.42. The van der Waals surface area contributed by atoms with Crippen molar-refractivity contribution in [1.29, 1.82) is 0 Å². The topological polar surface area (TPSA) is 98.9 Å². The molecular formula is C20H20N2O6. The van der Waals surface area contributed by atoms with E-state index in [1.54, 1.807) is 13.8 Å². The number of carbonyl (C=O) groups excluding carboxylic acids is 3. The van der Waals surface area contributed by atoms with E-state index in [9.17, 15) is 14.4 Å². The molecule has 0 aliphatic carbocycles. The number of hydrogen-bond donors (Lipinski definition) is 0. The van der Waals surface area contributed by atoms with Gasteiger partial charge in [0.1, 0.15) is 12.4 Å². The Hall–Kier alpha value is -3.00. The fourth-order valence-electron chi connectivity index (χ4n) is 3.50. The summed E-state index contributed by atoms with van der Waals surface area (Å²) in [4.78, 5) is 38.8. The van der Waals surface area contributed by atoms with Crippen LogP contribution in [0.5, 0.6) is 0 Å². The normalized spacial score (nSPS) is 18.6. The van der Waals surface area contributed by atoms with Gasteiger partial charge in [0.25, 0.3) is 11.8 Å². The van der Waals surface area contributed by atoms with Crippen molar-refractivity contribution in [1.82, 2.24) is 10.1 Å². The molecule has 1 aromatic carbocycles. The molecule has 1 saturated heterocycles. The quantitative estimate of drug-likeness (QED) is 0.577. The molecule has 2 aliphatic heterocycles. The van der Waals surface area contributed by atoms with Gasteiger partial charge in [-0.15, -0.1) is 0 Å². The lowest BCUT2D eigenvalue weighted by Gasteiger charge is -2.17. The molecule has 0 saturated carbocycles. The molecule has 1 aromatic heterocycles. The summed E-state index contributed by atoms with van der Waals surface area (Å²) in [6.45, 7) is 4.41. The van der Waals surface area contributed by atoms with Gasteiger partial charge in [-0.05, 0) is 44.9 Å². The minimum absolute atomic E-state index is 0.0229. The summed E-state index contributed by atoms with van der Waals surface area (Å²) in [5.74, 6) is -0.757. The van der Waals surface area contributed by atoms with Gasteiger partial charge in [0.15, 0.2) is 0 Å². The first-order valence-electron chi connectivity index (χ1n) is 9.16. The van der Waals surface area contributed by atoms with Gasteiger partial charge in [0.05, 0.1) is 40.6 Å². The fraction of sp³-hybridized carbons (Fsp3) is 0.400. The van der Waals surface area contributed by atoms with Gasteiger partial charge >= 0.3 is 5.97 Å². The number of nitrogens with zero attached hydrogens (tertiary/aromatic N) is 2. The summed E-state index contributed by atoms with van der Waals surface area (Å²) in [5.41, 5.74) is 2.10. The van der Waals surface area contributed by atoms with E-state index < -0.39 is 11.9 Å². The van der Waals surface area contributed by atoms with Crippen molar-refractivity contribution in [2.45, 2.75) is 39.4 Å². The number of fused-ring (bicyclic) bond motifs is 1. The number of rotatable bonds is 5. The number of hydrogen-bond acceptors (Lipinski definition) is 7. The van der Waals surface area contributed by atoms with E-state index in [1.165, 1.54) is 23.1 Å². The van der Waals surface area contributed by atoms with E-state index >= 15 is 0 Å².